The van der Waals surface area contributed by atoms with Crippen LogP contribution >= 0.6 is 11.3 Å². The summed E-state index contributed by atoms with van der Waals surface area (Å²) in [6.07, 6.45) is 2.54. The minimum absolute atomic E-state index is 0.00196. The summed E-state index contributed by atoms with van der Waals surface area (Å²) in [5, 5.41) is 23.8. The molecule has 0 saturated heterocycles. The number of hydrogen-bond acceptors (Lipinski definition) is 5. The fraction of sp³-hybridized carbons (Fsp3) is 0.375. The predicted octanol–water partition coefficient (Wildman–Crippen LogP) is 2.97. The van der Waals surface area contributed by atoms with Crippen LogP contribution in [0, 0.1) is 5.92 Å². The van der Waals surface area contributed by atoms with E-state index in [2.05, 4.69) is 20.8 Å². The number of amides is 2. The Hall–Kier alpha value is -2.48. The van der Waals surface area contributed by atoms with E-state index in [1.165, 1.54) is 11.3 Å². The average Bonchev–Trinajstić information content (AvgIpc) is 3.04. The summed E-state index contributed by atoms with van der Waals surface area (Å²) >= 11 is 1.31. The van der Waals surface area contributed by atoms with Crippen LogP contribution in [0.2, 0.25) is 0 Å². The summed E-state index contributed by atoms with van der Waals surface area (Å²) in [7, 11) is 0. The molecule has 0 unspecified atom stereocenters. The number of carboxylic acids is 1. The lowest BCUT2D eigenvalue weighted by Crippen LogP contribution is -2.40. The van der Waals surface area contributed by atoms with Crippen LogP contribution in [0.3, 0.4) is 0 Å². The van der Waals surface area contributed by atoms with E-state index in [9.17, 15) is 9.59 Å². The highest BCUT2D eigenvalue weighted by atomic mass is 32.1. The van der Waals surface area contributed by atoms with Crippen molar-refractivity contribution in [3.8, 4) is 10.6 Å². The number of benzene rings is 1. The van der Waals surface area contributed by atoms with Crippen LogP contribution in [0.4, 0.5) is 9.93 Å². The molecule has 0 radical (unpaired) electrons. The first kappa shape index (κ1) is 16.4. The Morgan fingerprint density at radius 1 is 1.08 bits per heavy atom. The van der Waals surface area contributed by atoms with Crippen molar-refractivity contribution in [3.05, 3.63) is 30.3 Å². The number of aromatic nitrogens is 2. The van der Waals surface area contributed by atoms with Gasteiger partial charge in [0.05, 0.1) is 5.92 Å². The first-order valence-electron chi connectivity index (χ1n) is 7.81. The maximum absolute atomic E-state index is 12.0. The van der Waals surface area contributed by atoms with Crippen LogP contribution in [0.15, 0.2) is 30.3 Å². The first-order valence-corrected chi connectivity index (χ1v) is 8.62. The molecule has 1 aromatic carbocycles. The second-order valence-electron chi connectivity index (χ2n) is 5.76. The molecule has 1 fully saturated rings. The van der Waals surface area contributed by atoms with Crippen LogP contribution in [0.25, 0.3) is 10.6 Å². The van der Waals surface area contributed by atoms with E-state index in [1.807, 2.05) is 30.3 Å². The van der Waals surface area contributed by atoms with E-state index in [-0.39, 0.29) is 18.0 Å². The Morgan fingerprint density at radius 2 is 1.79 bits per heavy atom. The molecule has 2 amide bonds. The van der Waals surface area contributed by atoms with E-state index in [4.69, 9.17) is 5.11 Å². The van der Waals surface area contributed by atoms with Gasteiger partial charge in [-0.2, -0.15) is 0 Å². The van der Waals surface area contributed by atoms with E-state index < -0.39 is 5.97 Å². The minimum atomic E-state index is -0.750. The number of hydrogen-bond donors (Lipinski definition) is 3. The Labute approximate surface area is 143 Å². The zero-order chi connectivity index (χ0) is 16.9. The lowest BCUT2D eigenvalue weighted by molar-refractivity contribution is -0.142. The van der Waals surface area contributed by atoms with Crippen molar-refractivity contribution in [2.75, 3.05) is 5.32 Å². The van der Waals surface area contributed by atoms with E-state index in [0.717, 1.165) is 10.6 Å². The van der Waals surface area contributed by atoms with Gasteiger partial charge in [-0.1, -0.05) is 41.7 Å². The fourth-order valence-corrected chi connectivity index (χ4v) is 3.52. The molecular formula is C16H18N4O3S. The van der Waals surface area contributed by atoms with Gasteiger partial charge in [-0.15, -0.1) is 10.2 Å². The second-order valence-corrected chi connectivity index (χ2v) is 6.74. The molecule has 1 saturated carbocycles. The Morgan fingerprint density at radius 3 is 2.46 bits per heavy atom. The number of carbonyl (C=O) groups is 2. The largest absolute Gasteiger partial charge is 0.481 e. The van der Waals surface area contributed by atoms with Crippen molar-refractivity contribution in [1.29, 1.82) is 0 Å². The Balaban J connectivity index is 1.51. The number of urea groups is 1. The molecule has 2 aromatic rings. The average molecular weight is 346 g/mol. The van der Waals surface area contributed by atoms with Crippen LogP contribution in [0.1, 0.15) is 25.7 Å². The van der Waals surface area contributed by atoms with E-state index in [0.29, 0.717) is 30.8 Å². The quantitative estimate of drug-likeness (QED) is 0.789. The number of rotatable bonds is 4. The summed E-state index contributed by atoms with van der Waals surface area (Å²) in [6, 6.07) is 9.31. The van der Waals surface area contributed by atoms with Crippen molar-refractivity contribution in [3.63, 3.8) is 0 Å². The van der Waals surface area contributed by atoms with Gasteiger partial charge in [0.25, 0.3) is 0 Å². The van der Waals surface area contributed by atoms with Crippen molar-refractivity contribution in [1.82, 2.24) is 15.5 Å². The summed E-state index contributed by atoms with van der Waals surface area (Å²) < 4.78 is 0. The van der Waals surface area contributed by atoms with Crippen molar-refractivity contribution in [2.45, 2.75) is 31.7 Å². The molecule has 1 heterocycles. The van der Waals surface area contributed by atoms with E-state index >= 15 is 0 Å². The molecule has 0 atom stereocenters. The third-order valence-electron chi connectivity index (χ3n) is 4.08. The van der Waals surface area contributed by atoms with Gasteiger partial charge >= 0.3 is 12.0 Å². The van der Waals surface area contributed by atoms with Crippen LogP contribution < -0.4 is 10.6 Å². The number of anilines is 1. The molecule has 3 rings (SSSR count). The molecule has 7 nitrogen and oxygen atoms in total. The smallest absolute Gasteiger partial charge is 0.321 e. The van der Waals surface area contributed by atoms with Crippen molar-refractivity contribution >= 4 is 28.5 Å². The molecule has 3 N–H and O–H groups in total. The molecule has 1 aliphatic carbocycles. The molecule has 24 heavy (non-hydrogen) atoms. The van der Waals surface area contributed by atoms with Crippen molar-refractivity contribution in [2.24, 2.45) is 5.92 Å². The Kier molecular flexibility index (Phi) is 5.05. The highest BCUT2D eigenvalue weighted by molar-refractivity contribution is 7.18. The van der Waals surface area contributed by atoms with E-state index in [1.54, 1.807) is 0 Å². The van der Waals surface area contributed by atoms with Crippen molar-refractivity contribution < 1.29 is 14.7 Å². The van der Waals surface area contributed by atoms with Gasteiger partial charge in [0, 0.05) is 11.6 Å². The number of nitrogens with zero attached hydrogens (tertiary/aromatic N) is 2. The molecule has 0 spiro atoms. The minimum Gasteiger partial charge on any atom is -0.481 e. The summed E-state index contributed by atoms with van der Waals surface area (Å²) in [5.74, 6) is -1.04. The second kappa shape index (κ2) is 7.39. The lowest BCUT2D eigenvalue weighted by Gasteiger charge is -2.26. The monoisotopic (exact) mass is 346 g/mol. The van der Waals surface area contributed by atoms with Gasteiger partial charge in [0.1, 0.15) is 5.01 Å². The molecule has 1 aromatic heterocycles. The topological polar surface area (TPSA) is 104 Å². The Bertz CT molecular complexity index is 711. The van der Waals surface area contributed by atoms with Gasteiger partial charge in [-0.05, 0) is 25.7 Å². The molecule has 0 aliphatic heterocycles. The summed E-state index contributed by atoms with van der Waals surface area (Å²) in [4.78, 5) is 23.0. The fourth-order valence-electron chi connectivity index (χ4n) is 2.77. The van der Waals surface area contributed by atoms with Gasteiger partial charge in [0.15, 0.2) is 0 Å². The molecule has 1 aliphatic rings. The van der Waals surface area contributed by atoms with Gasteiger partial charge < -0.3 is 10.4 Å². The first-order chi connectivity index (χ1) is 11.6. The van der Waals surface area contributed by atoms with Gasteiger partial charge in [0.2, 0.25) is 5.13 Å². The number of carbonyl (C=O) groups excluding carboxylic acids is 1. The zero-order valence-electron chi connectivity index (χ0n) is 12.9. The molecule has 8 heteroatoms. The maximum atomic E-state index is 12.0. The molecular weight excluding hydrogens is 328 g/mol. The lowest BCUT2D eigenvalue weighted by atomic mass is 9.86. The summed E-state index contributed by atoms with van der Waals surface area (Å²) in [6.45, 7) is 0. The predicted molar refractivity (Wildman–Crippen MR) is 90.9 cm³/mol. The highest BCUT2D eigenvalue weighted by Gasteiger charge is 2.26. The molecule has 126 valence electrons. The normalized spacial score (nSPS) is 20.3. The highest BCUT2D eigenvalue weighted by Crippen LogP contribution is 2.26. The third-order valence-corrected chi connectivity index (χ3v) is 4.97. The van der Waals surface area contributed by atoms with Gasteiger partial charge in [-0.25, -0.2) is 4.79 Å². The summed E-state index contributed by atoms with van der Waals surface area (Å²) in [5.41, 5.74) is 0.954. The third kappa shape index (κ3) is 4.08. The molecule has 0 bridgehead atoms. The maximum Gasteiger partial charge on any atom is 0.321 e. The SMILES string of the molecule is O=C(Nc1nnc(-c2ccccc2)s1)NC1CCC(C(=O)O)CC1. The van der Waals surface area contributed by atoms with Crippen LogP contribution in [0.5, 0.6) is 0 Å². The standard InChI is InChI=1S/C16H18N4O3S/c21-14(22)11-6-8-12(9-7-11)17-15(23)18-16-20-19-13(24-16)10-4-2-1-3-5-10/h1-5,11-12H,6-9H2,(H,21,22)(H2,17,18,20,23). The number of nitrogens with one attached hydrogen (secondary N) is 2. The van der Waals surface area contributed by atoms with Crippen LogP contribution in [-0.4, -0.2) is 33.3 Å². The zero-order valence-corrected chi connectivity index (χ0v) is 13.8. The van der Waals surface area contributed by atoms with Gasteiger partial charge in [-0.3, -0.25) is 10.1 Å². The van der Waals surface area contributed by atoms with Crippen LogP contribution in [-0.2, 0) is 4.79 Å². The number of aliphatic carboxylic acids is 1. The number of carboxylic acid groups (broad SMARTS) is 1.